The van der Waals surface area contributed by atoms with Gasteiger partial charge in [0.25, 0.3) is 10.0 Å². The molecule has 1 unspecified atom stereocenters. The molecule has 0 bridgehead atoms. The fourth-order valence-corrected chi connectivity index (χ4v) is 9.08. The number of thiophene rings is 1. The summed E-state index contributed by atoms with van der Waals surface area (Å²) in [6.07, 6.45) is 1.89. The summed E-state index contributed by atoms with van der Waals surface area (Å²) in [7, 11) is -3.81. The van der Waals surface area contributed by atoms with Crippen molar-refractivity contribution in [2.75, 3.05) is 50.8 Å². The van der Waals surface area contributed by atoms with E-state index in [0.717, 1.165) is 66.4 Å². The maximum absolute atomic E-state index is 14.0. The first-order valence-corrected chi connectivity index (χ1v) is 15.5. The molecule has 3 aromatic rings. The smallest absolute Gasteiger partial charge is 0.253 e. The zero-order valence-corrected chi connectivity index (χ0v) is 23.3. The average molecular weight is 569 g/mol. The van der Waals surface area contributed by atoms with Crippen molar-refractivity contribution in [2.45, 2.75) is 36.4 Å². The van der Waals surface area contributed by atoms with Crippen LogP contribution in [0.1, 0.15) is 24.8 Å². The number of hydrogen-bond donors (Lipinski definition) is 0. The van der Waals surface area contributed by atoms with Crippen LogP contribution in [0.3, 0.4) is 0 Å². The zero-order valence-electron chi connectivity index (χ0n) is 20.1. The molecule has 1 amide bonds. The number of aryl methyl sites for hydroxylation is 1. The predicted octanol–water partition coefficient (Wildman–Crippen LogP) is 4.23. The van der Waals surface area contributed by atoms with Crippen LogP contribution in [0.4, 0.5) is 5.13 Å². The molecule has 2 aliphatic heterocycles. The Morgan fingerprint density at radius 3 is 2.75 bits per heavy atom. The highest BCUT2D eigenvalue weighted by atomic mass is 35.5. The van der Waals surface area contributed by atoms with Gasteiger partial charge in [0.1, 0.15) is 10.3 Å². The number of morpholine rings is 1. The third kappa shape index (κ3) is 5.47. The minimum absolute atomic E-state index is 0.168. The molecule has 2 saturated heterocycles. The van der Waals surface area contributed by atoms with Crippen molar-refractivity contribution in [3.63, 3.8) is 0 Å². The lowest BCUT2D eigenvalue weighted by Crippen LogP contribution is -2.48. The van der Waals surface area contributed by atoms with Gasteiger partial charge in [0.2, 0.25) is 5.91 Å². The Labute approximate surface area is 224 Å². The number of carbonyl (C=O) groups is 1. The van der Waals surface area contributed by atoms with E-state index in [0.29, 0.717) is 35.4 Å². The first kappa shape index (κ1) is 26.0. The zero-order chi connectivity index (χ0) is 25.3. The molecule has 36 heavy (non-hydrogen) atoms. The maximum Gasteiger partial charge on any atom is 0.253 e. The Morgan fingerprint density at radius 2 is 2.00 bits per heavy atom. The summed E-state index contributed by atoms with van der Waals surface area (Å²) < 4.78 is 35.2. The number of aromatic nitrogens is 1. The van der Waals surface area contributed by atoms with Crippen molar-refractivity contribution in [3.8, 4) is 0 Å². The topological polar surface area (TPSA) is 83.1 Å². The number of ether oxygens (including phenoxy) is 1. The molecule has 194 valence electrons. The number of rotatable bonds is 8. The third-order valence-electron chi connectivity index (χ3n) is 6.59. The van der Waals surface area contributed by atoms with Crippen molar-refractivity contribution < 1.29 is 17.9 Å². The summed E-state index contributed by atoms with van der Waals surface area (Å²) >= 11 is 8.51. The Balaban J connectivity index is 1.41. The maximum atomic E-state index is 14.0. The molecule has 2 aliphatic rings. The number of anilines is 1. The molecule has 0 aliphatic carbocycles. The number of amides is 1. The highest BCUT2D eigenvalue weighted by molar-refractivity contribution is 7.91. The van der Waals surface area contributed by atoms with Crippen LogP contribution in [0.2, 0.25) is 4.34 Å². The van der Waals surface area contributed by atoms with Crippen LogP contribution in [-0.4, -0.2) is 80.5 Å². The van der Waals surface area contributed by atoms with Gasteiger partial charge >= 0.3 is 0 Å². The second kappa shape index (κ2) is 11.0. The van der Waals surface area contributed by atoms with Crippen molar-refractivity contribution in [2.24, 2.45) is 0 Å². The van der Waals surface area contributed by atoms with Crippen LogP contribution in [0, 0.1) is 6.92 Å². The van der Waals surface area contributed by atoms with Crippen LogP contribution in [0.25, 0.3) is 10.2 Å². The van der Waals surface area contributed by atoms with Gasteiger partial charge in [-0.2, -0.15) is 4.31 Å². The van der Waals surface area contributed by atoms with Gasteiger partial charge in [-0.1, -0.05) is 29.0 Å². The molecule has 4 heterocycles. The number of benzene rings is 1. The second-order valence-electron chi connectivity index (χ2n) is 9.10. The van der Waals surface area contributed by atoms with Crippen molar-refractivity contribution in [1.82, 2.24) is 14.2 Å². The second-order valence-corrected chi connectivity index (χ2v) is 13.9. The standard InChI is InChI=1S/C24H29ClN4O4S3/c1-17-5-6-18-20(16-17)34-24(26-18)28(10-3-9-27-12-14-33-15-13-27)23(30)19-4-2-11-29(19)36(31,32)22-8-7-21(25)35-22/h5-8,16,19H,2-4,9-15H2,1H3. The van der Waals surface area contributed by atoms with E-state index in [4.69, 9.17) is 21.3 Å². The number of sulfonamides is 1. The molecule has 5 rings (SSSR count). The normalized spacial score (nSPS) is 19.8. The minimum atomic E-state index is -3.81. The van der Waals surface area contributed by atoms with Gasteiger partial charge < -0.3 is 4.74 Å². The first-order chi connectivity index (χ1) is 17.3. The van der Waals surface area contributed by atoms with Crippen LogP contribution in [-0.2, 0) is 19.6 Å². The largest absolute Gasteiger partial charge is 0.379 e. The van der Waals surface area contributed by atoms with E-state index < -0.39 is 16.1 Å². The molecular formula is C24H29ClN4O4S3. The summed E-state index contributed by atoms with van der Waals surface area (Å²) in [5.74, 6) is -0.212. The van der Waals surface area contributed by atoms with E-state index in [2.05, 4.69) is 11.0 Å². The van der Waals surface area contributed by atoms with Crippen molar-refractivity contribution in [3.05, 3.63) is 40.2 Å². The van der Waals surface area contributed by atoms with Crippen molar-refractivity contribution >= 4 is 65.6 Å². The molecule has 2 aromatic heterocycles. The number of thiazole rings is 1. The predicted molar refractivity (Wildman–Crippen MR) is 145 cm³/mol. The Bertz CT molecular complexity index is 1340. The van der Waals surface area contributed by atoms with E-state index in [1.807, 2.05) is 19.1 Å². The highest BCUT2D eigenvalue weighted by Gasteiger charge is 2.42. The quantitative estimate of drug-likeness (QED) is 0.404. The van der Waals surface area contributed by atoms with Gasteiger partial charge in [-0.25, -0.2) is 13.4 Å². The molecule has 1 aromatic carbocycles. The van der Waals surface area contributed by atoms with E-state index in [9.17, 15) is 13.2 Å². The SMILES string of the molecule is Cc1ccc2nc(N(CCCN3CCOCC3)C(=O)C3CCCN3S(=O)(=O)c3ccc(Cl)s3)sc2c1. The number of carbonyl (C=O) groups excluding carboxylic acids is 1. The summed E-state index contributed by atoms with van der Waals surface area (Å²) in [4.78, 5) is 22.8. The van der Waals surface area contributed by atoms with Crippen LogP contribution < -0.4 is 4.90 Å². The van der Waals surface area contributed by atoms with Crippen molar-refractivity contribution in [1.29, 1.82) is 0 Å². The molecule has 0 N–H and O–H groups in total. The third-order valence-corrected chi connectivity index (χ3v) is 11.2. The van der Waals surface area contributed by atoms with Crippen LogP contribution in [0.15, 0.2) is 34.5 Å². The molecule has 1 atom stereocenters. The Hall–Kier alpha value is -1.60. The lowest BCUT2D eigenvalue weighted by molar-refractivity contribution is -0.121. The molecule has 0 spiro atoms. The monoisotopic (exact) mass is 568 g/mol. The summed E-state index contributed by atoms with van der Waals surface area (Å²) in [5, 5.41) is 0.617. The van der Waals surface area contributed by atoms with E-state index in [1.54, 1.807) is 11.0 Å². The summed E-state index contributed by atoms with van der Waals surface area (Å²) in [6.45, 7) is 6.88. The lowest BCUT2D eigenvalue weighted by Gasteiger charge is -2.30. The van der Waals surface area contributed by atoms with Crippen LogP contribution >= 0.6 is 34.3 Å². The average Bonchev–Trinajstić information content (AvgIpc) is 3.61. The summed E-state index contributed by atoms with van der Waals surface area (Å²) in [6, 6.07) is 8.38. The van der Waals surface area contributed by atoms with E-state index >= 15 is 0 Å². The van der Waals surface area contributed by atoms with Gasteiger partial charge in [0.05, 0.1) is 27.8 Å². The Kier molecular flexibility index (Phi) is 7.97. The molecule has 8 nitrogen and oxygen atoms in total. The molecular weight excluding hydrogens is 540 g/mol. The van der Waals surface area contributed by atoms with E-state index in [1.165, 1.54) is 21.7 Å². The highest BCUT2D eigenvalue weighted by Crippen LogP contribution is 2.35. The number of nitrogens with zero attached hydrogens (tertiary/aromatic N) is 4. The number of hydrogen-bond acceptors (Lipinski definition) is 8. The molecule has 12 heteroatoms. The number of fused-ring (bicyclic) bond motifs is 1. The van der Waals surface area contributed by atoms with Gasteiger partial charge in [-0.3, -0.25) is 14.6 Å². The van der Waals surface area contributed by atoms with Gasteiger partial charge in [0, 0.05) is 32.7 Å². The van der Waals surface area contributed by atoms with Gasteiger partial charge in [0.15, 0.2) is 5.13 Å². The van der Waals surface area contributed by atoms with Crippen LogP contribution in [0.5, 0.6) is 0 Å². The molecule has 0 radical (unpaired) electrons. The van der Waals surface area contributed by atoms with Gasteiger partial charge in [-0.15, -0.1) is 11.3 Å². The lowest BCUT2D eigenvalue weighted by atomic mass is 10.2. The molecule has 0 saturated carbocycles. The van der Waals surface area contributed by atoms with Gasteiger partial charge in [-0.05, 0) is 56.0 Å². The first-order valence-electron chi connectivity index (χ1n) is 12.1. The van der Waals surface area contributed by atoms with E-state index in [-0.39, 0.29) is 10.1 Å². The fourth-order valence-electron chi connectivity index (χ4n) is 4.72. The number of halogens is 1. The summed E-state index contributed by atoms with van der Waals surface area (Å²) in [5.41, 5.74) is 1.97. The minimum Gasteiger partial charge on any atom is -0.379 e. The molecule has 2 fully saturated rings. The fraction of sp³-hybridized carbons (Fsp3) is 0.500. The Morgan fingerprint density at radius 1 is 1.19 bits per heavy atom.